The largest absolute Gasteiger partial charge is 0.496 e. The lowest BCUT2D eigenvalue weighted by molar-refractivity contribution is 0.405. The number of ether oxygens (including phenoxy) is 1. The van der Waals surface area contributed by atoms with Gasteiger partial charge in [-0.05, 0) is 64.2 Å². The summed E-state index contributed by atoms with van der Waals surface area (Å²) in [5.74, 6) is 0.968. The van der Waals surface area contributed by atoms with Gasteiger partial charge in [0.1, 0.15) is 5.75 Å². The second-order valence-electron chi connectivity index (χ2n) is 4.31. The highest BCUT2D eigenvalue weighted by molar-refractivity contribution is 14.1. The topological polar surface area (TPSA) is 21.3 Å². The van der Waals surface area contributed by atoms with Crippen molar-refractivity contribution in [1.29, 1.82) is 0 Å². The number of thiophene rings is 1. The van der Waals surface area contributed by atoms with Crippen molar-refractivity contribution < 1.29 is 4.74 Å². The van der Waals surface area contributed by atoms with E-state index in [0.29, 0.717) is 6.04 Å². The molecule has 1 heterocycles. The summed E-state index contributed by atoms with van der Waals surface area (Å²) in [6.07, 6.45) is 0.949. The van der Waals surface area contributed by atoms with E-state index >= 15 is 0 Å². The van der Waals surface area contributed by atoms with Crippen LogP contribution in [-0.2, 0) is 6.42 Å². The summed E-state index contributed by atoms with van der Waals surface area (Å²) < 4.78 is 6.77. The van der Waals surface area contributed by atoms with Gasteiger partial charge in [0.15, 0.2) is 0 Å². The highest BCUT2D eigenvalue weighted by Crippen LogP contribution is 2.28. The third-order valence-corrected chi connectivity index (χ3v) is 4.86. The second kappa shape index (κ2) is 7.26. The van der Waals surface area contributed by atoms with Gasteiger partial charge in [0.05, 0.1) is 9.99 Å². The molecule has 1 atom stereocenters. The lowest BCUT2D eigenvalue weighted by Crippen LogP contribution is -2.22. The number of methoxy groups -OCH3 is 1. The number of rotatable bonds is 6. The van der Waals surface area contributed by atoms with Crippen LogP contribution >= 0.6 is 33.9 Å². The molecule has 0 aliphatic heterocycles. The van der Waals surface area contributed by atoms with Gasteiger partial charge in [-0.1, -0.05) is 25.1 Å². The first-order valence-corrected chi connectivity index (χ1v) is 8.29. The van der Waals surface area contributed by atoms with E-state index in [1.807, 2.05) is 12.1 Å². The maximum atomic E-state index is 5.44. The summed E-state index contributed by atoms with van der Waals surface area (Å²) in [5.41, 5.74) is 2.61. The molecule has 2 rings (SSSR count). The summed E-state index contributed by atoms with van der Waals surface area (Å²) >= 11 is 4.17. The number of hydrogen-bond donors (Lipinski definition) is 1. The van der Waals surface area contributed by atoms with E-state index in [-0.39, 0.29) is 0 Å². The van der Waals surface area contributed by atoms with Crippen LogP contribution in [0.4, 0.5) is 0 Å². The highest BCUT2D eigenvalue weighted by atomic mass is 127. The normalized spacial score (nSPS) is 12.4. The average Bonchev–Trinajstić information content (AvgIpc) is 2.85. The lowest BCUT2D eigenvalue weighted by Gasteiger charge is -2.18. The minimum atomic E-state index is 0.348. The molecule has 2 aromatic rings. The van der Waals surface area contributed by atoms with E-state index in [1.165, 1.54) is 14.0 Å². The van der Waals surface area contributed by atoms with Crippen molar-refractivity contribution in [2.75, 3.05) is 13.7 Å². The summed E-state index contributed by atoms with van der Waals surface area (Å²) in [5, 5.41) is 5.80. The van der Waals surface area contributed by atoms with Crippen LogP contribution in [0.5, 0.6) is 5.75 Å². The molecule has 1 aromatic carbocycles. The van der Waals surface area contributed by atoms with E-state index in [0.717, 1.165) is 18.7 Å². The fourth-order valence-corrected chi connectivity index (χ4v) is 3.58. The Kier molecular flexibility index (Phi) is 5.66. The van der Waals surface area contributed by atoms with Crippen LogP contribution in [0.15, 0.2) is 35.7 Å². The number of likely N-dealkylation sites (N-methyl/N-ethyl adjacent to an activating group) is 1. The van der Waals surface area contributed by atoms with E-state index in [4.69, 9.17) is 4.74 Å². The van der Waals surface area contributed by atoms with Crippen LogP contribution < -0.4 is 10.1 Å². The molecule has 4 heteroatoms. The summed E-state index contributed by atoms with van der Waals surface area (Å²) in [4.78, 5) is 0. The molecule has 0 saturated heterocycles. The van der Waals surface area contributed by atoms with Crippen molar-refractivity contribution in [1.82, 2.24) is 5.32 Å². The zero-order chi connectivity index (χ0) is 13.7. The quantitative estimate of drug-likeness (QED) is 0.749. The molecule has 0 fully saturated rings. The lowest BCUT2D eigenvalue weighted by atomic mass is 10.0. The van der Waals surface area contributed by atoms with Gasteiger partial charge in [0.25, 0.3) is 0 Å². The third-order valence-electron chi connectivity index (χ3n) is 3.06. The second-order valence-corrected chi connectivity index (χ2v) is 7.12. The summed E-state index contributed by atoms with van der Waals surface area (Å²) in [7, 11) is 1.73. The molecule has 1 unspecified atom stereocenters. The Hall–Kier alpha value is -0.590. The predicted octanol–water partition coefficient (Wildman–Crippen LogP) is 4.25. The average molecular weight is 387 g/mol. The van der Waals surface area contributed by atoms with E-state index in [2.05, 4.69) is 58.4 Å². The highest BCUT2D eigenvalue weighted by Gasteiger charge is 2.15. The third kappa shape index (κ3) is 3.94. The Morgan fingerprint density at radius 2 is 2.16 bits per heavy atom. The van der Waals surface area contributed by atoms with Gasteiger partial charge in [0, 0.05) is 6.04 Å². The van der Waals surface area contributed by atoms with Gasteiger partial charge in [0.2, 0.25) is 0 Å². The first-order chi connectivity index (χ1) is 9.24. The molecule has 0 saturated carbocycles. The summed E-state index contributed by atoms with van der Waals surface area (Å²) in [6.45, 7) is 3.11. The molecule has 1 N–H and O–H groups in total. The molecule has 1 aromatic heterocycles. The Morgan fingerprint density at radius 1 is 1.37 bits per heavy atom. The standard InChI is InChI=1S/C15H18INOS/c1-3-17-13(12-9-15(16)19-10-12)8-11-6-4-5-7-14(11)18-2/h4-7,9-10,13,17H,3,8H2,1-2H3. The van der Waals surface area contributed by atoms with Crippen LogP contribution in [0.1, 0.15) is 24.1 Å². The number of benzene rings is 1. The van der Waals surface area contributed by atoms with Gasteiger partial charge < -0.3 is 10.1 Å². The van der Waals surface area contributed by atoms with Gasteiger partial charge in [-0.3, -0.25) is 0 Å². The van der Waals surface area contributed by atoms with Crippen LogP contribution in [0.2, 0.25) is 0 Å². The van der Waals surface area contributed by atoms with Crippen LogP contribution in [0.25, 0.3) is 0 Å². The first-order valence-electron chi connectivity index (χ1n) is 6.33. The van der Waals surface area contributed by atoms with Crippen molar-refractivity contribution in [2.24, 2.45) is 0 Å². The Balaban J connectivity index is 2.21. The number of para-hydroxylation sites is 1. The van der Waals surface area contributed by atoms with E-state index in [9.17, 15) is 0 Å². The van der Waals surface area contributed by atoms with Gasteiger partial charge in [-0.2, -0.15) is 0 Å². The molecule has 102 valence electrons. The van der Waals surface area contributed by atoms with Gasteiger partial charge >= 0.3 is 0 Å². The van der Waals surface area contributed by atoms with Crippen LogP contribution in [0, 0.1) is 2.88 Å². The Bertz CT molecular complexity index is 526. The van der Waals surface area contributed by atoms with Crippen molar-refractivity contribution in [3.63, 3.8) is 0 Å². The van der Waals surface area contributed by atoms with Crippen molar-refractivity contribution in [3.05, 3.63) is 49.7 Å². The maximum absolute atomic E-state index is 5.44. The molecule has 0 aliphatic rings. The number of halogens is 1. The van der Waals surface area contributed by atoms with Gasteiger partial charge in [-0.15, -0.1) is 11.3 Å². The Labute approximate surface area is 132 Å². The molecule has 0 amide bonds. The fourth-order valence-electron chi connectivity index (χ4n) is 2.15. The van der Waals surface area contributed by atoms with Crippen LogP contribution in [0.3, 0.4) is 0 Å². The monoisotopic (exact) mass is 387 g/mol. The molecule has 0 radical (unpaired) electrons. The molecular formula is C15H18INOS. The minimum Gasteiger partial charge on any atom is -0.496 e. The zero-order valence-corrected chi connectivity index (χ0v) is 14.1. The first kappa shape index (κ1) is 14.8. The van der Waals surface area contributed by atoms with Crippen molar-refractivity contribution in [2.45, 2.75) is 19.4 Å². The SMILES string of the molecule is CCNC(Cc1ccccc1OC)c1csc(I)c1. The molecule has 0 aliphatic carbocycles. The smallest absolute Gasteiger partial charge is 0.122 e. The number of hydrogen-bond acceptors (Lipinski definition) is 3. The Morgan fingerprint density at radius 3 is 2.79 bits per heavy atom. The molecule has 19 heavy (non-hydrogen) atoms. The fraction of sp³-hybridized carbons (Fsp3) is 0.333. The van der Waals surface area contributed by atoms with E-state index < -0.39 is 0 Å². The van der Waals surface area contributed by atoms with Crippen molar-refractivity contribution in [3.8, 4) is 5.75 Å². The molecular weight excluding hydrogens is 369 g/mol. The van der Waals surface area contributed by atoms with Crippen LogP contribution in [-0.4, -0.2) is 13.7 Å². The van der Waals surface area contributed by atoms with E-state index in [1.54, 1.807) is 18.4 Å². The summed E-state index contributed by atoms with van der Waals surface area (Å²) in [6, 6.07) is 10.8. The molecule has 0 spiro atoms. The predicted molar refractivity (Wildman–Crippen MR) is 90.2 cm³/mol. The van der Waals surface area contributed by atoms with Gasteiger partial charge in [-0.25, -0.2) is 0 Å². The minimum absolute atomic E-state index is 0.348. The maximum Gasteiger partial charge on any atom is 0.122 e. The zero-order valence-electron chi connectivity index (χ0n) is 11.2. The molecule has 0 bridgehead atoms. The number of nitrogens with one attached hydrogen (secondary N) is 1. The van der Waals surface area contributed by atoms with Crippen molar-refractivity contribution >= 4 is 33.9 Å². The molecule has 2 nitrogen and oxygen atoms in total.